The lowest BCUT2D eigenvalue weighted by atomic mass is 9.70. The van der Waals surface area contributed by atoms with Gasteiger partial charge in [0.25, 0.3) is 0 Å². The third kappa shape index (κ3) is 6.99. The fourth-order valence-electron chi connectivity index (χ4n) is 5.61. The zero-order valence-corrected chi connectivity index (χ0v) is 20.4. The number of ether oxygens (including phenoxy) is 1. The summed E-state index contributed by atoms with van der Waals surface area (Å²) in [4.78, 5) is 12.3. The molecular weight excluding hydrogens is 368 g/mol. The molecule has 2 fully saturated rings. The molecule has 0 N–H and O–H groups in total. The molecule has 0 aromatic heterocycles. The molecule has 0 radical (unpaired) electrons. The summed E-state index contributed by atoms with van der Waals surface area (Å²) in [5, 5.41) is 0. The van der Waals surface area contributed by atoms with Gasteiger partial charge in [0, 0.05) is 11.8 Å². The number of carbonyl (C=O) groups excluding carboxylic acids is 1. The van der Waals surface area contributed by atoms with Crippen LogP contribution in [0, 0.1) is 16.7 Å². The van der Waals surface area contributed by atoms with Crippen LogP contribution in [0.4, 0.5) is 0 Å². The van der Waals surface area contributed by atoms with Crippen molar-refractivity contribution in [1.29, 1.82) is 0 Å². The molecule has 0 aliphatic heterocycles. The lowest BCUT2D eigenvalue weighted by Crippen LogP contribution is -2.38. The first-order chi connectivity index (χ1) is 14.4. The van der Waals surface area contributed by atoms with E-state index in [1.807, 2.05) is 0 Å². The molecule has 0 aromatic rings. The van der Waals surface area contributed by atoms with Gasteiger partial charge in [-0.1, -0.05) is 84.1 Å². The van der Waals surface area contributed by atoms with Crippen molar-refractivity contribution in [3.63, 3.8) is 0 Å². The molecule has 0 amide bonds. The summed E-state index contributed by atoms with van der Waals surface area (Å²) >= 11 is 0. The van der Waals surface area contributed by atoms with Crippen LogP contribution in [0.25, 0.3) is 0 Å². The Balaban J connectivity index is 1.43. The summed E-state index contributed by atoms with van der Waals surface area (Å²) in [6.07, 6.45) is 26.9. The summed E-state index contributed by atoms with van der Waals surface area (Å²) in [5.41, 5.74) is 0.503. The maximum absolute atomic E-state index is 12.3. The summed E-state index contributed by atoms with van der Waals surface area (Å²) in [5.74, 6) is 0.770. The number of esters is 1. The highest BCUT2D eigenvalue weighted by molar-refractivity contribution is 5.69. The van der Waals surface area contributed by atoms with Crippen molar-refractivity contribution in [3.8, 4) is 0 Å². The van der Waals surface area contributed by atoms with E-state index in [1.54, 1.807) is 0 Å². The molecule has 30 heavy (non-hydrogen) atoms. The molecular formula is C28H48O2. The second kappa shape index (κ2) is 12.7. The highest BCUT2D eigenvalue weighted by Gasteiger charge is 2.62. The van der Waals surface area contributed by atoms with Crippen molar-refractivity contribution in [3.05, 3.63) is 24.3 Å². The summed E-state index contributed by atoms with van der Waals surface area (Å²) in [7, 11) is 0. The van der Waals surface area contributed by atoms with E-state index in [4.69, 9.17) is 4.74 Å². The van der Waals surface area contributed by atoms with Crippen LogP contribution in [0.2, 0.25) is 0 Å². The zero-order valence-electron chi connectivity index (χ0n) is 20.4. The van der Waals surface area contributed by atoms with E-state index in [2.05, 4.69) is 52.0 Å². The number of allylic oxidation sites excluding steroid dienone is 4. The van der Waals surface area contributed by atoms with E-state index in [9.17, 15) is 4.79 Å². The standard InChI is InChI=1S/C28H48O2/c1-5-6-7-8-9-10-11-12-13-14-15-16-17-18-19-20-26(29)30-25-23-24-21-22-28(25,4)27(24,2)3/h9-10,12-13,24-25H,5-8,11,14-23H2,1-4H3/b10-9-,13-12-. The molecule has 3 unspecified atom stereocenters. The Morgan fingerprint density at radius 3 is 2.13 bits per heavy atom. The van der Waals surface area contributed by atoms with Crippen LogP contribution in [0.15, 0.2) is 24.3 Å². The normalized spacial score (nSPS) is 27.5. The smallest absolute Gasteiger partial charge is 0.306 e. The monoisotopic (exact) mass is 416 g/mol. The largest absolute Gasteiger partial charge is 0.462 e. The van der Waals surface area contributed by atoms with Gasteiger partial charge < -0.3 is 4.74 Å². The second-order valence-electron chi connectivity index (χ2n) is 10.6. The molecule has 2 bridgehead atoms. The van der Waals surface area contributed by atoms with Gasteiger partial charge >= 0.3 is 5.97 Å². The zero-order chi connectivity index (χ0) is 21.9. The fraction of sp³-hybridized carbons (Fsp3) is 0.821. The number of hydrogen-bond acceptors (Lipinski definition) is 2. The van der Waals surface area contributed by atoms with Gasteiger partial charge in [-0.3, -0.25) is 4.79 Å². The SMILES string of the molecule is CCCCC/C=C\C/C=C\CCCCCCCC(=O)OC1CC2CCC1(C)C2(C)C. The van der Waals surface area contributed by atoms with E-state index in [1.165, 1.54) is 64.2 Å². The molecule has 2 nitrogen and oxygen atoms in total. The first-order valence-corrected chi connectivity index (χ1v) is 12.9. The maximum atomic E-state index is 12.3. The van der Waals surface area contributed by atoms with E-state index < -0.39 is 0 Å². The highest BCUT2D eigenvalue weighted by Crippen LogP contribution is 2.66. The average molecular weight is 417 g/mol. The van der Waals surface area contributed by atoms with Crippen LogP contribution < -0.4 is 0 Å². The number of unbranched alkanes of at least 4 members (excludes halogenated alkanes) is 8. The average Bonchev–Trinajstić information content (AvgIpc) is 3.04. The molecule has 0 spiro atoms. The van der Waals surface area contributed by atoms with Crippen LogP contribution >= 0.6 is 0 Å². The Bertz CT molecular complexity index is 559. The van der Waals surface area contributed by atoms with Crippen LogP contribution in [0.1, 0.15) is 124 Å². The summed E-state index contributed by atoms with van der Waals surface area (Å²) < 4.78 is 5.95. The van der Waals surface area contributed by atoms with E-state index >= 15 is 0 Å². The lowest BCUT2D eigenvalue weighted by molar-refractivity contribution is -0.157. The van der Waals surface area contributed by atoms with Crippen molar-refractivity contribution in [2.45, 2.75) is 130 Å². The van der Waals surface area contributed by atoms with Gasteiger partial charge in [0.1, 0.15) is 6.10 Å². The molecule has 172 valence electrons. The minimum Gasteiger partial charge on any atom is -0.462 e. The first-order valence-electron chi connectivity index (χ1n) is 12.9. The predicted molar refractivity (Wildman–Crippen MR) is 128 cm³/mol. The van der Waals surface area contributed by atoms with Crippen molar-refractivity contribution in [1.82, 2.24) is 0 Å². The minimum absolute atomic E-state index is 0.0373. The lowest BCUT2D eigenvalue weighted by Gasteiger charge is -2.38. The Kier molecular flexibility index (Phi) is 10.7. The second-order valence-corrected chi connectivity index (χ2v) is 10.6. The van der Waals surface area contributed by atoms with Crippen LogP contribution in [-0.2, 0) is 9.53 Å². The molecule has 0 heterocycles. The van der Waals surface area contributed by atoms with Gasteiger partial charge in [-0.05, 0) is 69.1 Å². The molecule has 2 heteroatoms. The van der Waals surface area contributed by atoms with E-state index in [0.29, 0.717) is 11.8 Å². The van der Waals surface area contributed by atoms with Crippen molar-refractivity contribution >= 4 is 5.97 Å². The quantitative estimate of drug-likeness (QED) is 0.152. The summed E-state index contributed by atoms with van der Waals surface area (Å²) in [6.45, 7) is 9.34. The number of hydrogen-bond donors (Lipinski definition) is 0. The topological polar surface area (TPSA) is 26.3 Å². The molecule has 2 aliphatic carbocycles. The van der Waals surface area contributed by atoms with Gasteiger partial charge in [0.15, 0.2) is 0 Å². The Hall–Kier alpha value is -1.05. The Morgan fingerprint density at radius 1 is 0.900 bits per heavy atom. The molecule has 0 saturated heterocycles. The predicted octanol–water partition coefficient (Wildman–Crippen LogP) is 8.56. The minimum atomic E-state index is 0.0373. The number of fused-ring (bicyclic) bond motifs is 2. The van der Waals surface area contributed by atoms with Gasteiger partial charge in [0.05, 0.1) is 0 Å². The third-order valence-corrected chi connectivity index (χ3v) is 8.32. The highest BCUT2D eigenvalue weighted by atomic mass is 16.5. The van der Waals surface area contributed by atoms with Crippen molar-refractivity contribution in [2.24, 2.45) is 16.7 Å². The van der Waals surface area contributed by atoms with Crippen LogP contribution in [-0.4, -0.2) is 12.1 Å². The Morgan fingerprint density at radius 2 is 1.53 bits per heavy atom. The molecule has 2 saturated carbocycles. The van der Waals surface area contributed by atoms with Crippen molar-refractivity contribution < 1.29 is 9.53 Å². The number of carbonyl (C=O) groups is 1. The maximum Gasteiger partial charge on any atom is 0.306 e. The summed E-state index contributed by atoms with van der Waals surface area (Å²) in [6, 6.07) is 0. The first kappa shape index (κ1) is 25.2. The third-order valence-electron chi connectivity index (χ3n) is 8.32. The van der Waals surface area contributed by atoms with E-state index in [-0.39, 0.29) is 17.5 Å². The van der Waals surface area contributed by atoms with Crippen LogP contribution in [0.3, 0.4) is 0 Å². The van der Waals surface area contributed by atoms with Gasteiger partial charge in [-0.25, -0.2) is 0 Å². The van der Waals surface area contributed by atoms with Gasteiger partial charge in [-0.15, -0.1) is 0 Å². The van der Waals surface area contributed by atoms with Crippen molar-refractivity contribution in [2.75, 3.05) is 0 Å². The molecule has 2 aliphatic rings. The van der Waals surface area contributed by atoms with Gasteiger partial charge in [-0.2, -0.15) is 0 Å². The van der Waals surface area contributed by atoms with Gasteiger partial charge in [0.2, 0.25) is 0 Å². The Labute approximate surface area is 186 Å². The fourth-order valence-corrected chi connectivity index (χ4v) is 5.61. The van der Waals surface area contributed by atoms with E-state index in [0.717, 1.165) is 31.6 Å². The molecule has 2 rings (SSSR count). The molecule has 3 atom stereocenters. The van der Waals surface area contributed by atoms with Crippen LogP contribution in [0.5, 0.6) is 0 Å². The molecule has 0 aromatic carbocycles. The number of rotatable bonds is 15.